The molecule has 0 aliphatic heterocycles. The van der Waals surface area contributed by atoms with E-state index in [9.17, 15) is 4.39 Å². The predicted molar refractivity (Wildman–Crippen MR) is 90.1 cm³/mol. The fourth-order valence-electron chi connectivity index (χ4n) is 2.15. The summed E-state index contributed by atoms with van der Waals surface area (Å²) in [5, 5.41) is 17.7. The maximum absolute atomic E-state index is 13.2. The molecule has 0 unspecified atom stereocenters. The van der Waals surface area contributed by atoms with E-state index in [2.05, 4.69) is 25.7 Å². The third-order valence-corrected chi connectivity index (χ3v) is 3.28. The zero-order chi connectivity index (χ0) is 16.9. The van der Waals surface area contributed by atoms with Gasteiger partial charge in [-0.15, -0.1) is 0 Å². The lowest BCUT2D eigenvalue weighted by atomic mass is 10.2. The molecule has 0 fully saturated rings. The molecule has 122 valence electrons. The highest BCUT2D eigenvalue weighted by Gasteiger charge is 2.07. The zero-order valence-electron chi connectivity index (χ0n) is 13.0. The molecule has 0 spiro atoms. The van der Waals surface area contributed by atoms with Gasteiger partial charge in [0.1, 0.15) is 11.6 Å². The van der Waals surface area contributed by atoms with Crippen LogP contribution in [0.1, 0.15) is 11.1 Å². The monoisotopic (exact) mass is 325 g/mol. The molecule has 0 aliphatic carbocycles. The number of anilines is 3. The van der Waals surface area contributed by atoms with Crippen LogP contribution >= 0.6 is 0 Å². The van der Waals surface area contributed by atoms with E-state index in [1.165, 1.54) is 18.3 Å². The molecule has 3 aromatic rings. The van der Waals surface area contributed by atoms with Crippen LogP contribution in [0.4, 0.5) is 21.8 Å². The Kier molecular flexibility index (Phi) is 4.46. The molecule has 24 heavy (non-hydrogen) atoms. The standard InChI is InChI=1S/C16H16FN7/c1-24-10-14(9-21-24)22-16-20-8-12(6-18)15(23-16)19-7-11-3-2-4-13(17)5-11/h2-6,8-10,18H,7H2,1H3,(H2,19,20,22,23). The van der Waals surface area contributed by atoms with Gasteiger partial charge in [0.25, 0.3) is 0 Å². The molecule has 3 rings (SSSR count). The normalized spacial score (nSPS) is 10.4. The van der Waals surface area contributed by atoms with Crippen molar-refractivity contribution in [2.24, 2.45) is 7.05 Å². The number of nitrogens with zero attached hydrogens (tertiary/aromatic N) is 4. The first kappa shape index (κ1) is 15.6. The number of hydrogen-bond donors (Lipinski definition) is 3. The molecule has 2 aromatic heterocycles. The molecule has 2 heterocycles. The van der Waals surface area contributed by atoms with E-state index in [0.717, 1.165) is 11.3 Å². The Morgan fingerprint density at radius 1 is 1.33 bits per heavy atom. The minimum atomic E-state index is -0.289. The van der Waals surface area contributed by atoms with Crippen LogP contribution in [0, 0.1) is 11.2 Å². The summed E-state index contributed by atoms with van der Waals surface area (Å²) in [5.41, 5.74) is 2.09. The molecule has 0 radical (unpaired) electrons. The number of hydrogen-bond acceptors (Lipinski definition) is 6. The summed E-state index contributed by atoms with van der Waals surface area (Å²) in [5.74, 6) is 0.592. The van der Waals surface area contributed by atoms with Crippen molar-refractivity contribution in [1.82, 2.24) is 19.7 Å². The minimum Gasteiger partial charge on any atom is -0.365 e. The second kappa shape index (κ2) is 6.86. The lowest BCUT2D eigenvalue weighted by Crippen LogP contribution is -2.07. The van der Waals surface area contributed by atoms with Crippen molar-refractivity contribution in [2.45, 2.75) is 6.54 Å². The van der Waals surface area contributed by atoms with Crippen molar-refractivity contribution in [3.8, 4) is 0 Å². The second-order valence-corrected chi connectivity index (χ2v) is 5.15. The van der Waals surface area contributed by atoms with E-state index in [4.69, 9.17) is 5.41 Å². The summed E-state index contributed by atoms with van der Waals surface area (Å²) in [6.07, 6.45) is 6.18. The zero-order valence-corrected chi connectivity index (χ0v) is 13.0. The fraction of sp³-hybridized carbons (Fsp3) is 0.125. The first-order valence-corrected chi connectivity index (χ1v) is 7.25. The van der Waals surface area contributed by atoms with E-state index >= 15 is 0 Å². The molecule has 8 heteroatoms. The molecule has 0 atom stereocenters. The lowest BCUT2D eigenvalue weighted by Gasteiger charge is -2.10. The van der Waals surface area contributed by atoms with Gasteiger partial charge in [0, 0.05) is 32.2 Å². The van der Waals surface area contributed by atoms with Crippen LogP contribution in [0.3, 0.4) is 0 Å². The Labute approximate surface area is 138 Å². The van der Waals surface area contributed by atoms with Crippen LogP contribution < -0.4 is 10.6 Å². The van der Waals surface area contributed by atoms with Gasteiger partial charge in [-0.05, 0) is 17.7 Å². The first-order valence-electron chi connectivity index (χ1n) is 7.25. The van der Waals surface area contributed by atoms with Crippen molar-refractivity contribution >= 4 is 23.7 Å². The largest absolute Gasteiger partial charge is 0.365 e. The molecule has 0 saturated heterocycles. The number of nitrogens with one attached hydrogen (secondary N) is 3. The van der Waals surface area contributed by atoms with Crippen LogP contribution in [0.15, 0.2) is 42.9 Å². The Balaban J connectivity index is 1.77. The SMILES string of the molecule is Cn1cc(Nc2ncc(C=N)c(NCc3cccc(F)c3)n2)cn1. The third kappa shape index (κ3) is 3.72. The summed E-state index contributed by atoms with van der Waals surface area (Å²) in [6.45, 7) is 0.391. The highest BCUT2D eigenvalue weighted by atomic mass is 19.1. The van der Waals surface area contributed by atoms with Crippen molar-refractivity contribution in [3.05, 3.63) is 59.8 Å². The second-order valence-electron chi connectivity index (χ2n) is 5.15. The molecular weight excluding hydrogens is 309 g/mol. The van der Waals surface area contributed by atoms with Gasteiger partial charge in [0.2, 0.25) is 5.95 Å². The molecule has 0 aliphatic rings. The quantitative estimate of drug-likeness (QED) is 0.606. The summed E-state index contributed by atoms with van der Waals surface area (Å²) in [7, 11) is 1.82. The smallest absolute Gasteiger partial charge is 0.229 e. The van der Waals surface area contributed by atoms with Gasteiger partial charge < -0.3 is 16.0 Å². The van der Waals surface area contributed by atoms with Gasteiger partial charge in [0.15, 0.2) is 0 Å². The first-order chi connectivity index (χ1) is 11.6. The average Bonchev–Trinajstić information content (AvgIpc) is 2.98. The molecule has 0 amide bonds. The van der Waals surface area contributed by atoms with E-state index in [1.807, 2.05) is 13.1 Å². The van der Waals surface area contributed by atoms with Gasteiger partial charge in [-0.3, -0.25) is 4.68 Å². The van der Waals surface area contributed by atoms with E-state index in [-0.39, 0.29) is 5.82 Å². The Hall–Kier alpha value is -3.29. The van der Waals surface area contributed by atoms with Gasteiger partial charge in [-0.25, -0.2) is 9.37 Å². The molecular formula is C16H16FN7. The van der Waals surface area contributed by atoms with Crippen molar-refractivity contribution < 1.29 is 4.39 Å². The van der Waals surface area contributed by atoms with Gasteiger partial charge in [-0.1, -0.05) is 12.1 Å². The summed E-state index contributed by atoms with van der Waals surface area (Å²) in [4.78, 5) is 8.54. The average molecular weight is 325 g/mol. The summed E-state index contributed by atoms with van der Waals surface area (Å²) in [6, 6.07) is 6.32. The maximum atomic E-state index is 13.2. The molecule has 0 bridgehead atoms. The number of aryl methyl sites for hydroxylation is 1. The Morgan fingerprint density at radius 3 is 2.92 bits per heavy atom. The van der Waals surface area contributed by atoms with Crippen molar-refractivity contribution in [2.75, 3.05) is 10.6 Å². The van der Waals surface area contributed by atoms with Gasteiger partial charge >= 0.3 is 0 Å². The fourth-order valence-corrected chi connectivity index (χ4v) is 2.15. The molecule has 3 N–H and O–H groups in total. The molecule has 7 nitrogen and oxygen atoms in total. The highest BCUT2D eigenvalue weighted by Crippen LogP contribution is 2.17. The van der Waals surface area contributed by atoms with Gasteiger partial charge in [-0.2, -0.15) is 10.1 Å². The number of halogens is 1. The van der Waals surface area contributed by atoms with E-state index < -0.39 is 0 Å². The maximum Gasteiger partial charge on any atom is 0.229 e. The highest BCUT2D eigenvalue weighted by molar-refractivity contribution is 5.84. The Bertz CT molecular complexity index is 859. The van der Waals surface area contributed by atoms with Crippen LogP contribution in [-0.2, 0) is 13.6 Å². The number of rotatable bonds is 6. The van der Waals surface area contributed by atoms with Gasteiger partial charge in [0.05, 0.1) is 17.4 Å². The molecule has 0 saturated carbocycles. The lowest BCUT2D eigenvalue weighted by molar-refractivity contribution is 0.626. The predicted octanol–water partition coefficient (Wildman–Crippen LogP) is 2.70. The third-order valence-electron chi connectivity index (χ3n) is 3.28. The van der Waals surface area contributed by atoms with Crippen LogP contribution in [0.2, 0.25) is 0 Å². The van der Waals surface area contributed by atoms with E-state index in [1.54, 1.807) is 29.3 Å². The summed E-state index contributed by atoms with van der Waals surface area (Å²) >= 11 is 0. The van der Waals surface area contributed by atoms with Crippen LogP contribution in [0.5, 0.6) is 0 Å². The minimum absolute atomic E-state index is 0.289. The van der Waals surface area contributed by atoms with Crippen molar-refractivity contribution in [1.29, 1.82) is 5.41 Å². The number of benzene rings is 1. The van der Waals surface area contributed by atoms with Crippen LogP contribution in [0.25, 0.3) is 0 Å². The van der Waals surface area contributed by atoms with Crippen molar-refractivity contribution in [3.63, 3.8) is 0 Å². The summed E-state index contributed by atoms with van der Waals surface area (Å²) < 4.78 is 14.9. The Morgan fingerprint density at radius 2 is 2.21 bits per heavy atom. The molecule has 1 aromatic carbocycles. The number of aromatic nitrogens is 4. The van der Waals surface area contributed by atoms with E-state index in [0.29, 0.717) is 23.9 Å². The topological polar surface area (TPSA) is 91.5 Å². The van der Waals surface area contributed by atoms with Crippen LogP contribution in [-0.4, -0.2) is 26.0 Å².